The number of methoxy groups -OCH3 is 1. The van der Waals surface area contributed by atoms with E-state index < -0.39 is 0 Å². The van der Waals surface area contributed by atoms with Crippen molar-refractivity contribution in [2.24, 2.45) is 0 Å². The molecule has 2 aliphatic rings. The topological polar surface area (TPSA) is 54.5 Å². The van der Waals surface area contributed by atoms with Crippen LogP contribution in [0, 0.1) is 0 Å². The van der Waals surface area contributed by atoms with Crippen LogP contribution in [0.1, 0.15) is 25.0 Å². The van der Waals surface area contributed by atoms with E-state index in [1.54, 1.807) is 13.3 Å². The zero-order valence-corrected chi connectivity index (χ0v) is 11.8. The number of aromatic nitrogens is 1. The van der Waals surface area contributed by atoms with E-state index in [-0.39, 0.29) is 18.1 Å². The summed E-state index contributed by atoms with van der Waals surface area (Å²) in [6.07, 6.45) is 4.91. The molecular weight excluding hydrogens is 254 g/mol. The quantitative estimate of drug-likeness (QED) is 0.869. The number of nitrogens with one attached hydrogen (secondary N) is 1. The van der Waals surface area contributed by atoms with Crippen LogP contribution in [0.25, 0.3) is 0 Å². The number of amides is 1. The highest BCUT2D eigenvalue weighted by molar-refractivity contribution is 5.82. The van der Waals surface area contributed by atoms with Crippen LogP contribution in [-0.2, 0) is 16.1 Å². The van der Waals surface area contributed by atoms with Gasteiger partial charge in [-0.15, -0.1) is 0 Å². The molecule has 0 bridgehead atoms. The Morgan fingerprint density at radius 2 is 2.35 bits per heavy atom. The molecular formula is C15H21N3O2. The van der Waals surface area contributed by atoms with Crippen LogP contribution in [0.3, 0.4) is 0 Å². The first-order chi connectivity index (χ1) is 9.78. The minimum atomic E-state index is -0.107. The number of pyridine rings is 1. The summed E-state index contributed by atoms with van der Waals surface area (Å²) in [5.41, 5.74) is 0.953. The molecule has 5 nitrogen and oxygen atoms in total. The van der Waals surface area contributed by atoms with Crippen LogP contribution in [0.15, 0.2) is 24.4 Å². The maximum atomic E-state index is 12.7. The zero-order valence-electron chi connectivity index (χ0n) is 11.8. The Morgan fingerprint density at radius 1 is 1.50 bits per heavy atom. The average molecular weight is 275 g/mol. The Balaban J connectivity index is 1.66. The van der Waals surface area contributed by atoms with E-state index >= 15 is 0 Å². The molecule has 2 fully saturated rings. The van der Waals surface area contributed by atoms with Crippen molar-refractivity contribution < 1.29 is 9.53 Å². The summed E-state index contributed by atoms with van der Waals surface area (Å²) in [5, 5.41) is 3.27. The fraction of sp³-hybridized carbons (Fsp3) is 0.600. The Kier molecular flexibility index (Phi) is 3.98. The third-order valence-electron chi connectivity index (χ3n) is 4.05. The molecule has 108 valence electrons. The molecule has 2 unspecified atom stereocenters. The number of rotatable bonds is 5. The van der Waals surface area contributed by atoms with Crippen LogP contribution >= 0.6 is 0 Å². The van der Waals surface area contributed by atoms with Crippen molar-refractivity contribution in [3.8, 4) is 0 Å². The maximum absolute atomic E-state index is 12.7. The molecule has 20 heavy (non-hydrogen) atoms. The van der Waals surface area contributed by atoms with Crippen molar-refractivity contribution in [3.63, 3.8) is 0 Å². The molecule has 1 aromatic heterocycles. The van der Waals surface area contributed by atoms with Gasteiger partial charge in [-0.25, -0.2) is 0 Å². The molecule has 5 heteroatoms. The van der Waals surface area contributed by atoms with Crippen molar-refractivity contribution in [2.45, 2.75) is 44.0 Å². The molecule has 1 saturated heterocycles. The first kappa shape index (κ1) is 13.5. The van der Waals surface area contributed by atoms with Crippen molar-refractivity contribution in [1.82, 2.24) is 15.2 Å². The lowest BCUT2D eigenvalue weighted by atomic mass is 10.1. The van der Waals surface area contributed by atoms with Gasteiger partial charge in [0.15, 0.2) is 0 Å². The monoisotopic (exact) mass is 275 g/mol. The van der Waals surface area contributed by atoms with Crippen LogP contribution < -0.4 is 5.32 Å². The minimum absolute atomic E-state index is 0.107. The number of nitrogens with zero attached hydrogens (tertiary/aromatic N) is 2. The van der Waals surface area contributed by atoms with Crippen LogP contribution in [0.5, 0.6) is 0 Å². The molecule has 1 saturated carbocycles. The van der Waals surface area contributed by atoms with Crippen LogP contribution in [0.4, 0.5) is 0 Å². The van der Waals surface area contributed by atoms with Crippen molar-refractivity contribution >= 4 is 5.91 Å². The van der Waals surface area contributed by atoms with E-state index in [4.69, 9.17) is 4.74 Å². The van der Waals surface area contributed by atoms with Gasteiger partial charge in [0.25, 0.3) is 0 Å². The predicted molar refractivity (Wildman–Crippen MR) is 75.0 cm³/mol. The van der Waals surface area contributed by atoms with Gasteiger partial charge in [-0.1, -0.05) is 6.07 Å². The van der Waals surface area contributed by atoms with E-state index in [1.165, 1.54) is 0 Å². The second kappa shape index (κ2) is 5.89. The van der Waals surface area contributed by atoms with E-state index in [9.17, 15) is 4.79 Å². The van der Waals surface area contributed by atoms with Gasteiger partial charge in [0.1, 0.15) is 0 Å². The van der Waals surface area contributed by atoms with E-state index in [1.807, 2.05) is 23.1 Å². The fourth-order valence-corrected chi connectivity index (χ4v) is 2.71. The number of carbonyl (C=O) groups excluding carboxylic acids is 1. The molecule has 0 spiro atoms. The standard InChI is InChI=1S/C15H21N3O2/c1-20-13-8-14(17-9-13)15(19)18(12-5-6-12)10-11-4-2-3-7-16-11/h2-4,7,12-14,17H,5-6,8-10H2,1H3. The molecule has 1 aliphatic carbocycles. The molecule has 2 heterocycles. The molecule has 1 aliphatic heterocycles. The molecule has 3 rings (SSSR count). The Bertz CT molecular complexity index is 461. The summed E-state index contributed by atoms with van der Waals surface area (Å²) >= 11 is 0. The van der Waals surface area contributed by atoms with Gasteiger partial charge in [-0.3, -0.25) is 9.78 Å². The van der Waals surface area contributed by atoms with E-state index in [2.05, 4.69) is 10.3 Å². The average Bonchev–Trinajstić information content (AvgIpc) is 3.21. The van der Waals surface area contributed by atoms with Crippen molar-refractivity contribution in [3.05, 3.63) is 30.1 Å². The fourth-order valence-electron chi connectivity index (χ4n) is 2.71. The second-order valence-corrected chi connectivity index (χ2v) is 5.57. The van der Waals surface area contributed by atoms with Gasteiger partial charge >= 0.3 is 0 Å². The van der Waals surface area contributed by atoms with E-state index in [0.29, 0.717) is 12.6 Å². The number of ether oxygens (including phenoxy) is 1. The van der Waals surface area contributed by atoms with Gasteiger partial charge in [-0.2, -0.15) is 0 Å². The first-order valence-corrected chi connectivity index (χ1v) is 7.24. The van der Waals surface area contributed by atoms with Gasteiger partial charge in [-0.05, 0) is 31.4 Å². The van der Waals surface area contributed by atoms with Gasteiger partial charge in [0.2, 0.25) is 5.91 Å². The summed E-state index contributed by atoms with van der Waals surface area (Å²) in [5.74, 6) is 0.192. The highest BCUT2D eigenvalue weighted by atomic mass is 16.5. The van der Waals surface area contributed by atoms with Gasteiger partial charge < -0.3 is 15.0 Å². The molecule has 1 aromatic rings. The van der Waals surface area contributed by atoms with Crippen molar-refractivity contribution in [2.75, 3.05) is 13.7 Å². The highest BCUT2D eigenvalue weighted by Gasteiger charge is 2.38. The van der Waals surface area contributed by atoms with Gasteiger partial charge in [0.05, 0.1) is 24.4 Å². The van der Waals surface area contributed by atoms with Gasteiger partial charge in [0, 0.05) is 25.9 Å². The van der Waals surface area contributed by atoms with Crippen LogP contribution in [0.2, 0.25) is 0 Å². The lowest BCUT2D eigenvalue weighted by Crippen LogP contribution is -2.44. The number of hydrogen-bond donors (Lipinski definition) is 1. The Morgan fingerprint density at radius 3 is 2.95 bits per heavy atom. The highest BCUT2D eigenvalue weighted by Crippen LogP contribution is 2.29. The predicted octanol–water partition coefficient (Wildman–Crippen LogP) is 0.949. The Labute approximate surface area is 119 Å². The summed E-state index contributed by atoms with van der Waals surface area (Å²) < 4.78 is 5.32. The first-order valence-electron chi connectivity index (χ1n) is 7.24. The third-order valence-corrected chi connectivity index (χ3v) is 4.05. The van der Waals surface area contributed by atoms with Crippen LogP contribution in [-0.4, -0.2) is 47.6 Å². The minimum Gasteiger partial charge on any atom is -0.380 e. The molecule has 2 atom stereocenters. The summed E-state index contributed by atoms with van der Waals surface area (Å²) in [7, 11) is 1.70. The molecule has 1 amide bonds. The summed E-state index contributed by atoms with van der Waals surface area (Å²) in [4.78, 5) is 19.0. The summed E-state index contributed by atoms with van der Waals surface area (Å²) in [6.45, 7) is 1.37. The number of carbonyl (C=O) groups is 1. The summed E-state index contributed by atoms with van der Waals surface area (Å²) in [6, 6.07) is 6.13. The second-order valence-electron chi connectivity index (χ2n) is 5.57. The van der Waals surface area contributed by atoms with E-state index in [0.717, 1.165) is 31.5 Å². The lowest BCUT2D eigenvalue weighted by molar-refractivity contribution is -0.134. The smallest absolute Gasteiger partial charge is 0.240 e. The normalized spacial score (nSPS) is 25.6. The molecule has 1 N–H and O–H groups in total. The SMILES string of the molecule is COC1CNC(C(=O)N(Cc2ccccn2)C2CC2)C1. The Hall–Kier alpha value is -1.46. The maximum Gasteiger partial charge on any atom is 0.240 e. The third kappa shape index (κ3) is 2.99. The van der Waals surface area contributed by atoms with Crippen molar-refractivity contribution in [1.29, 1.82) is 0 Å². The largest absolute Gasteiger partial charge is 0.380 e. The molecule has 0 aromatic carbocycles. The zero-order chi connectivity index (χ0) is 13.9. The molecule has 0 radical (unpaired) electrons. The lowest BCUT2D eigenvalue weighted by Gasteiger charge is -2.25. The number of hydrogen-bond acceptors (Lipinski definition) is 4.